The summed E-state index contributed by atoms with van der Waals surface area (Å²) in [6, 6.07) is 0. The van der Waals surface area contributed by atoms with Crippen molar-refractivity contribution < 1.29 is 9.90 Å². The summed E-state index contributed by atoms with van der Waals surface area (Å²) >= 11 is 6.31. The predicted molar refractivity (Wildman–Crippen MR) is 97.0 cm³/mol. The maximum absolute atomic E-state index is 12.8. The van der Waals surface area contributed by atoms with E-state index in [1.807, 2.05) is 6.92 Å². The molecule has 4 rings (SSSR count). The average molecular weight is 353 g/mol. The lowest BCUT2D eigenvalue weighted by atomic mass is 9.44. The molecule has 0 bridgehead atoms. The van der Waals surface area contributed by atoms with Crippen molar-refractivity contribution in [1.29, 1.82) is 0 Å². The molecule has 8 atom stereocenters. The zero-order valence-electron chi connectivity index (χ0n) is 15.3. The van der Waals surface area contributed by atoms with Crippen molar-refractivity contribution in [3.63, 3.8) is 0 Å². The maximum atomic E-state index is 12.8. The van der Waals surface area contributed by atoms with Gasteiger partial charge in [0.05, 0.1) is 6.10 Å². The number of aliphatic hydroxyl groups excluding tert-OH is 1. The molecule has 4 saturated carbocycles. The third-order valence-corrected chi connectivity index (χ3v) is 9.53. The summed E-state index contributed by atoms with van der Waals surface area (Å²) in [5.41, 5.74) is 0.282. The lowest BCUT2D eigenvalue weighted by Crippen LogP contribution is -2.56. The highest BCUT2D eigenvalue weighted by molar-refractivity contribution is 6.18. The molecule has 0 aromatic carbocycles. The van der Waals surface area contributed by atoms with Crippen LogP contribution in [0.25, 0.3) is 0 Å². The van der Waals surface area contributed by atoms with E-state index in [2.05, 4.69) is 6.92 Å². The summed E-state index contributed by atoms with van der Waals surface area (Å²) in [5, 5.41) is 10.1. The molecule has 0 aromatic heterocycles. The van der Waals surface area contributed by atoms with Gasteiger partial charge in [0, 0.05) is 11.3 Å². The summed E-state index contributed by atoms with van der Waals surface area (Å²) < 4.78 is 0. The number of Topliss-reactive ketones (excluding diaryl/α,β-unsaturated/α-hetero) is 1. The fourth-order valence-electron chi connectivity index (χ4n) is 7.96. The number of carbonyl (C=O) groups is 1. The van der Waals surface area contributed by atoms with Gasteiger partial charge in [0.15, 0.2) is 0 Å². The van der Waals surface area contributed by atoms with E-state index in [4.69, 9.17) is 11.6 Å². The van der Waals surface area contributed by atoms with Gasteiger partial charge in [-0.05, 0) is 99.7 Å². The van der Waals surface area contributed by atoms with Crippen molar-refractivity contribution in [3.8, 4) is 0 Å². The second-order valence-electron chi connectivity index (χ2n) is 9.65. The number of halogens is 1. The first-order chi connectivity index (χ1) is 11.4. The molecule has 0 radical (unpaired) electrons. The van der Waals surface area contributed by atoms with Crippen molar-refractivity contribution in [1.82, 2.24) is 0 Å². The monoisotopic (exact) mass is 352 g/mol. The highest BCUT2D eigenvalue weighted by Gasteiger charge is 2.63. The van der Waals surface area contributed by atoms with Crippen LogP contribution < -0.4 is 0 Å². The SMILES string of the molecule is CC(=O)[C@]12CC[C@H]3[C@@H](CC[C@H]4C[C@H](O)CC[C@@]43C)[C@@H]1CCC2CCl. The molecular weight excluding hydrogens is 320 g/mol. The van der Waals surface area contributed by atoms with Crippen LogP contribution in [0, 0.1) is 40.4 Å². The fourth-order valence-corrected chi connectivity index (χ4v) is 8.39. The number of hydrogen-bond acceptors (Lipinski definition) is 2. The van der Waals surface area contributed by atoms with Crippen molar-refractivity contribution in [2.24, 2.45) is 40.4 Å². The molecule has 4 aliphatic rings. The summed E-state index contributed by atoms with van der Waals surface area (Å²) in [7, 11) is 0. The number of ketones is 1. The van der Waals surface area contributed by atoms with Gasteiger partial charge in [0.1, 0.15) is 5.78 Å². The average Bonchev–Trinajstić information content (AvgIpc) is 2.95. The Hall–Kier alpha value is -0.0800. The van der Waals surface area contributed by atoms with Crippen molar-refractivity contribution in [2.75, 3.05) is 5.88 Å². The van der Waals surface area contributed by atoms with Crippen LogP contribution in [0.15, 0.2) is 0 Å². The van der Waals surface area contributed by atoms with Gasteiger partial charge in [-0.1, -0.05) is 6.92 Å². The Morgan fingerprint density at radius 1 is 1.08 bits per heavy atom. The molecule has 0 heterocycles. The standard InChI is InChI=1S/C21H33ClO2/c1-13(23)21-10-8-18-17(19(21)6-4-15(21)12-22)5-3-14-11-16(24)7-9-20(14,18)2/h14-19,24H,3-12H2,1-2H3/t14-,15?,16+,17+,18-,19-,20-,21-/m0/s1. The lowest BCUT2D eigenvalue weighted by molar-refractivity contribution is -0.152. The first-order valence-electron chi connectivity index (χ1n) is 10.2. The molecule has 0 amide bonds. The van der Waals surface area contributed by atoms with E-state index in [0.29, 0.717) is 40.7 Å². The van der Waals surface area contributed by atoms with Crippen LogP contribution in [0.5, 0.6) is 0 Å². The van der Waals surface area contributed by atoms with E-state index in [0.717, 1.165) is 31.6 Å². The van der Waals surface area contributed by atoms with Gasteiger partial charge < -0.3 is 5.11 Å². The smallest absolute Gasteiger partial charge is 0.136 e. The first kappa shape index (κ1) is 17.3. The molecule has 3 heteroatoms. The summed E-state index contributed by atoms with van der Waals surface area (Å²) in [5.74, 6) is 4.21. The second-order valence-corrected chi connectivity index (χ2v) is 9.96. The van der Waals surface area contributed by atoms with Crippen LogP contribution in [0.3, 0.4) is 0 Å². The second kappa shape index (κ2) is 5.98. The minimum atomic E-state index is -0.111. The van der Waals surface area contributed by atoms with Crippen molar-refractivity contribution in [2.45, 2.75) is 77.7 Å². The van der Waals surface area contributed by atoms with Gasteiger partial charge in [-0.15, -0.1) is 11.6 Å². The van der Waals surface area contributed by atoms with E-state index in [1.165, 1.54) is 32.1 Å². The van der Waals surface area contributed by atoms with E-state index in [1.54, 1.807) is 0 Å². The zero-order valence-corrected chi connectivity index (χ0v) is 16.0. The molecule has 0 saturated heterocycles. The van der Waals surface area contributed by atoms with Crippen LogP contribution in [0.2, 0.25) is 0 Å². The van der Waals surface area contributed by atoms with Crippen LogP contribution >= 0.6 is 11.6 Å². The third kappa shape index (κ3) is 2.21. The molecule has 4 fully saturated rings. The summed E-state index contributed by atoms with van der Waals surface area (Å²) in [4.78, 5) is 12.8. The molecule has 0 aliphatic heterocycles. The van der Waals surface area contributed by atoms with Crippen LogP contribution in [0.4, 0.5) is 0 Å². The Balaban J connectivity index is 1.66. The zero-order chi connectivity index (χ0) is 17.1. The van der Waals surface area contributed by atoms with Gasteiger partial charge in [-0.25, -0.2) is 0 Å². The Morgan fingerprint density at radius 2 is 1.88 bits per heavy atom. The minimum Gasteiger partial charge on any atom is -0.393 e. The van der Waals surface area contributed by atoms with Gasteiger partial charge >= 0.3 is 0 Å². The fraction of sp³-hybridized carbons (Fsp3) is 0.952. The molecule has 0 spiro atoms. The molecule has 24 heavy (non-hydrogen) atoms. The molecule has 0 aromatic rings. The van der Waals surface area contributed by atoms with Crippen LogP contribution in [-0.2, 0) is 4.79 Å². The number of hydrogen-bond donors (Lipinski definition) is 1. The largest absolute Gasteiger partial charge is 0.393 e. The van der Waals surface area contributed by atoms with Crippen LogP contribution in [-0.4, -0.2) is 22.9 Å². The minimum absolute atomic E-state index is 0.0772. The molecule has 1 N–H and O–H groups in total. The van der Waals surface area contributed by atoms with Crippen molar-refractivity contribution in [3.05, 3.63) is 0 Å². The maximum Gasteiger partial charge on any atom is 0.136 e. The third-order valence-electron chi connectivity index (χ3n) is 9.16. The highest BCUT2D eigenvalue weighted by atomic mass is 35.5. The Morgan fingerprint density at radius 3 is 2.58 bits per heavy atom. The highest BCUT2D eigenvalue weighted by Crippen LogP contribution is 2.67. The van der Waals surface area contributed by atoms with Gasteiger partial charge in [0.2, 0.25) is 0 Å². The molecule has 136 valence electrons. The Bertz CT molecular complexity index is 520. The lowest BCUT2D eigenvalue weighted by Gasteiger charge is -2.61. The number of aliphatic hydroxyl groups is 1. The molecular formula is C21H33ClO2. The Labute approximate surface area is 151 Å². The van der Waals surface area contributed by atoms with Gasteiger partial charge in [-0.2, -0.15) is 0 Å². The van der Waals surface area contributed by atoms with E-state index >= 15 is 0 Å². The van der Waals surface area contributed by atoms with Gasteiger partial charge in [0.25, 0.3) is 0 Å². The van der Waals surface area contributed by atoms with Gasteiger partial charge in [-0.3, -0.25) is 4.79 Å². The van der Waals surface area contributed by atoms with E-state index in [-0.39, 0.29) is 11.5 Å². The Kier molecular flexibility index (Phi) is 4.32. The normalized spacial score (nSPS) is 53.8. The quantitative estimate of drug-likeness (QED) is 0.724. The topological polar surface area (TPSA) is 37.3 Å². The number of alkyl halides is 1. The van der Waals surface area contributed by atoms with E-state index in [9.17, 15) is 9.90 Å². The predicted octanol–water partition coefficient (Wildman–Crippen LogP) is 4.81. The van der Waals surface area contributed by atoms with Crippen molar-refractivity contribution >= 4 is 17.4 Å². The number of carbonyl (C=O) groups excluding carboxylic acids is 1. The molecule has 2 nitrogen and oxygen atoms in total. The summed E-state index contributed by atoms with van der Waals surface area (Å²) in [6.45, 7) is 4.34. The number of fused-ring (bicyclic) bond motifs is 5. The summed E-state index contributed by atoms with van der Waals surface area (Å²) in [6.07, 6.45) is 10.2. The van der Waals surface area contributed by atoms with E-state index < -0.39 is 0 Å². The molecule has 4 aliphatic carbocycles. The number of rotatable bonds is 2. The molecule has 1 unspecified atom stereocenters. The first-order valence-corrected chi connectivity index (χ1v) is 10.7. The van der Waals surface area contributed by atoms with Crippen LogP contribution in [0.1, 0.15) is 71.6 Å².